The molecule has 0 spiro atoms. The lowest BCUT2D eigenvalue weighted by Crippen LogP contribution is -2.56. The van der Waals surface area contributed by atoms with Gasteiger partial charge < -0.3 is 9.64 Å². The van der Waals surface area contributed by atoms with Crippen molar-refractivity contribution in [1.29, 1.82) is 0 Å². The van der Waals surface area contributed by atoms with E-state index in [9.17, 15) is 4.79 Å². The summed E-state index contributed by atoms with van der Waals surface area (Å²) in [6.45, 7) is 0.632. The van der Waals surface area contributed by atoms with E-state index in [1.165, 1.54) is 11.1 Å². The number of amides is 1. The highest BCUT2D eigenvalue weighted by Crippen LogP contribution is 2.29. The number of hydrogen-bond donors (Lipinski definition) is 0. The largest absolute Gasteiger partial charge is 0.483 e. The summed E-state index contributed by atoms with van der Waals surface area (Å²) in [7, 11) is 1.65. The highest BCUT2D eigenvalue weighted by molar-refractivity contribution is 5.96. The van der Waals surface area contributed by atoms with Gasteiger partial charge in [0.15, 0.2) is 0 Å². The van der Waals surface area contributed by atoms with Crippen LogP contribution in [0.2, 0.25) is 0 Å². The summed E-state index contributed by atoms with van der Waals surface area (Å²) in [4.78, 5) is 19.6. The Labute approximate surface area is 141 Å². The molecule has 2 aromatic rings. The number of ether oxygens (including phenoxy) is 1. The molecule has 2 aliphatic heterocycles. The molecule has 2 atom stereocenters. The van der Waals surface area contributed by atoms with Gasteiger partial charge in [0.2, 0.25) is 11.8 Å². The van der Waals surface area contributed by atoms with E-state index in [-0.39, 0.29) is 11.9 Å². The zero-order valence-electron chi connectivity index (χ0n) is 13.7. The lowest BCUT2D eigenvalue weighted by atomic mass is 9.91. The minimum absolute atomic E-state index is 0.0792. The molecule has 4 heteroatoms. The second-order valence-electron chi connectivity index (χ2n) is 6.33. The first kappa shape index (κ1) is 14.9. The maximum Gasteiger partial charge on any atom is 0.248 e. The Hall–Kier alpha value is -2.62. The maximum absolute atomic E-state index is 13.0. The monoisotopic (exact) mass is 320 g/mol. The third-order valence-corrected chi connectivity index (χ3v) is 4.87. The molecule has 0 N–H and O–H groups in total. The molecule has 122 valence electrons. The van der Waals surface area contributed by atoms with Crippen LogP contribution in [0.5, 0.6) is 0 Å². The van der Waals surface area contributed by atoms with Crippen molar-refractivity contribution in [3.05, 3.63) is 71.3 Å². The molecule has 2 heterocycles. The Bertz CT molecular complexity index is 785. The zero-order valence-corrected chi connectivity index (χ0v) is 13.7. The lowest BCUT2D eigenvalue weighted by molar-refractivity contribution is -0.136. The Balaban J connectivity index is 1.66. The van der Waals surface area contributed by atoms with Gasteiger partial charge in [-0.3, -0.25) is 4.79 Å². The van der Waals surface area contributed by atoms with E-state index in [4.69, 9.17) is 4.74 Å². The quantitative estimate of drug-likeness (QED) is 0.853. The van der Waals surface area contributed by atoms with Crippen LogP contribution in [0.3, 0.4) is 0 Å². The smallest absolute Gasteiger partial charge is 0.248 e. The van der Waals surface area contributed by atoms with Gasteiger partial charge in [-0.1, -0.05) is 54.6 Å². The summed E-state index contributed by atoms with van der Waals surface area (Å²) < 4.78 is 5.55. The summed E-state index contributed by atoms with van der Waals surface area (Å²) in [6, 6.07) is 17.8. The van der Waals surface area contributed by atoms with Crippen molar-refractivity contribution >= 4 is 11.8 Å². The fourth-order valence-corrected chi connectivity index (χ4v) is 3.62. The molecule has 4 rings (SSSR count). The van der Waals surface area contributed by atoms with Gasteiger partial charge in [-0.2, -0.15) is 0 Å². The predicted molar refractivity (Wildman–Crippen MR) is 92.9 cm³/mol. The van der Waals surface area contributed by atoms with Crippen LogP contribution in [0.25, 0.3) is 0 Å². The molecule has 0 aromatic heterocycles. The molecule has 0 unspecified atom stereocenters. The minimum Gasteiger partial charge on any atom is -0.483 e. The standard InChI is InChI=1S/C20H20N2O2/c1-24-19-18-12-15-9-5-6-10-16(15)13-22(18)20(23)17(21-19)11-14-7-3-2-4-8-14/h2-10,17-18H,11-13H2,1H3/t17-,18+/m1/s1. The number of rotatable bonds is 2. The summed E-state index contributed by atoms with van der Waals surface area (Å²) in [6.07, 6.45) is 1.38. The van der Waals surface area contributed by atoms with Crippen molar-refractivity contribution in [2.45, 2.75) is 31.5 Å². The van der Waals surface area contributed by atoms with E-state index < -0.39 is 6.04 Å². The van der Waals surface area contributed by atoms with Gasteiger partial charge in [0.25, 0.3) is 0 Å². The number of hydrogen-bond acceptors (Lipinski definition) is 3. The fourth-order valence-electron chi connectivity index (χ4n) is 3.62. The zero-order chi connectivity index (χ0) is 16.5. The Morgan fingerprint density at radius 3 is 2.54 bits per heavy atom. The van der Waals surface area contributed by atoms with E-state index in [1.807, 2.05) is 47.4 Å². The first-order valence-electron chi connectivity index (χ1n) is 8.29. The topological polar surface area (TPSA) is 41.9 Å². The molecule has 1 amide bonds. The second-order valence-corrected chi connectivity index (χ2v) is 6.33. The molecule has 0 fully saturated rings. The number of fused-ring (bicyclic) bond motifs is 2. The van der Waals surface area contributed by atoms with Crippen molar-refractivity contribution < 1.29 is 9.53 Å². The van der Waals surface area contributed by atoms with E-state index in [0.29, 0.717) is 18.9 Å². The molecule has 24 heavy (non-hydrogen) atoms. The Morgan fingerprint density at radius 1 is 1.08 bits per heavy atom. The number of benzene rings is 2. The minimum atomic E-state index is -0.399. The van der Waals surface area contributed by atoms with Crippen LogP contribution < -0.4 is 0 Å². The average Bonchev–Trinajstić information content (AvgIpc) is 2.63. The van der Waals surface area contributed by atoms with Crippen LogP contribution in [-0.2, 0) is 28.9 Å². The molecule has 0 aliphatic carbocycles. The van der Waals surface area contributed by atoms with Crippen molar-refractivity contribution in [2.24, 2.45) is 4.99 Å². The van der Waals surface area contributed by atoms with Gasteiger partial charge in [0.1, 0.15) is 12.1 Å². The van der Waals surface area contributed by atoms with Gasteiger partial charge in [-0.15, -0.1) is 0 Å². The molecule has 0 radical (unpaired) electrons. The lowest BCUT2D eigenvalue weighted by Gasteiger charge is -2.41. The van der Waals surface area contributed by atoms with Gasteiger partial charge in [0, 0.05) is 19.4 Å². The van der Waals surface area contributed by atoms with Gasteiger partial charge in [-0.25, -0.2) is 4.99 Å². The SMILES string of the molecule is COC1=N[C@H](Cc2ccccc2)C(=O)N2Cc3ccccc3C[C@@H]12. The van der Waals surface area contributed by atoms with E-state index in [1.54, 1.807) is 7.11 Å². The molecule has 2 aromatic carbocycles. The third-order valence-electron chi connectivity index (χ3n) is 4.87. The van der Waals surface area contributed by atoms with Crippen molar-refractivity contribution in [3.63, 3.8) is 0 Å². The number of methoxy groups -OCH3 is 1. The molecule has 0 saturated carbocycles. The Morgan fingerprint density at radius 2 is 1.79 bits per heavy atom. The summed E-state index contributed by atoms with van der Waals surface area (Å²) in [5.74, 6) is 0.768. The normalized spacial score (nSPS) is 22.5. The van der Waals surface area contributed by atoms with Crippen LogP contribution in [0.15, 0.2) is 59.6 Å². The van der Waals surface area contributed by atoms with Gasteiger partial charge in [-0.05, 0) is 16.7 Å². The summed E-state index contributed by atoms with van der Waals surface area (Å²) in [5.41, 5.74) is 3.61. The molecule has 2 aliphatic rings. The van der Waals surface area contributed by atoms with Crippen LogP contribution >= 0.6 is 0 Å². The maximum atomic E-state index is 13.0. The Kier molecular flexibility index (Phi) is 3.81. The number of nitrogens with zero attached hydrogens (tertiary/aromatic N) is 2. The van der Waals surface area contributed by atoms with E-state index >= 15 is 0 Å². The molecule has 0 saturated heterocycles. The van der Waals surface area contributed by atoms with Gasteiger partial charge >= 0.3 is 0 Å². The van der Waals surface area contributed by atoms with Gasteiger partial charge in [0.05, 0.1) is 7.11 Å². The van der Waals surface area contributed by atoms with Crippen molar-refractivity contribution in [1.82, 2.24) is 4.90 Å². The van der Waals surface area contributed by atoms with Crippen molar-refractivity contribution in [2.75, 3.05) is 7.11 Å². The number of aliphatic imine (C=N–C) groups is 1. The first-order chi connectivity index (χ1) is 11.8. The van der Waals surface area contributed by atoms with Crippen LogP contribution in [0.4, 0.5) is 0 Å². The first-order valence-corrected chi connectivity index (χ1v) is 8.29. The number of carbonyl (C=O) groups excluding carboxylic acids is 1. The highest BCUT2D eigenvalue weighted by Gasteiger charge is 2.41. The summed E-state index contributed by atoms with van der Waals surface area (Å²) in [5, 5.41) is 0. The fraction of sp³-hybridized carbons (Fsp3) is 0.300. The molecular weight excluding hydrogens is 300 g/mol. The van der Waals surface area contributed by atoms with Crippen LogP contribution in [0, 0.1) is 0 Å². The predicted octanol–water partition coefficient (Wildman–Crippen LogP) is 2.61. The van der Waals surface area contributed by atoms with E-state index in [0.717, 1.165) is 12.0 Å². The van der Waals surface area contributed by atoms with Crippen molar-refractivity contribution in [3.8, 4) is 0 Å². The summed E-state index contributed by atoms with van der Waals surface area (Å²) >= 11 is 0. The second kappa shape index (κ2) is 6.11. The third kappa shape index (κ3) is 2.58. The molecule has 0 bridgehead atoms. The molecular formula is C20H20N2O2. The van der Waals surface area contributed by atoms with Crippen LogP contribution in [0.1, 0.15) is 16.7 Å². The number of carbonyl (C=O) groups is 1. The molecule has 4 nitrogen and oxygen atoms in total. The van der Waals surface area contributed by atoms with E-state index in [2.05, 4.69) is 17.1 Å². The van der Waals surface area contributed by atoms with Crippen LogP contribution in [-0.4, -0.2) is 35.9 Å². The highest BCUT2D eigenvalue weighted by atomic mass is 16.5. The average molecular weight is 320 g/mol.